The van der Waals surface area contributed by atoms with Crippen LogP contribution in [0.5, 0.6) is 0 Å². The van der Waals surface area contributed by atoms with Crippen LogP contribution < -0.4 is 0 Å². The molecular formula is C6H7. The van der Waals surface area contributed by atoms with E-state index in [4.69, 9.17) is 0 Å². The molecule has 0 spiro atoms. The van der Waals surface area contributed by atoms with Crippen LogP contribution in [0.4, 0.5) is 0 Å². The summed E-state index contributed by atoms with van der Waals surface area (Å²) in [6.07, 6.45) is 3.43. The topological polar surface area (TPSA) is 0 Å². The molecule has 1 aliphatic carbocycles. The molecule has 6 heavy (non-hydrogen) atoms. The Morgan fingerprint density at radius 2 is 2.50 bits per heavy atom. The van der Waals surface area contributed by atoms with Gasteiger partial charge in [-0.1, -0.05) is 5.92 Å². The van der Waals surface area contributed by atoms with Crippen molar-refractivity contribution in [1.82, 2.24) is 0 Å². The molecule has 0 heteroatoms. The maximum Gasteiger partial charge on any atom is 0.0237 e. The molecular weight excluding hydrogens is 72.1 g/mol. The summed E-state index contributed by atoms with van der Waals surface area (Å²) in [5.74, 6) is 6.52. The van der Waals surface area contributed by atoms with Crippen molar-refractivity contribution in [2.45, 2.75) is 13.3 Å². The Bertz CT molecular complexity index is 88.3. The average Bonchev–Trinajstić information content (AvgIpc) is 2.21. The van der Waals surface area contributed by atoms with Crippen LogP contribution >= 0.6 is 0 Å². The van der Waals surface area contributed by atoms with Crippen LogP contribution in [0.15, 0.2) is 0 Å². The largest absolute Gasteiger partial charge is 0.106 e. The molecule has 0 aliphatic heterocycles. The summed E-state index contributed by atoms with van der Waals surface area (Å²) < 4.78 is 0. The molecule has 1 aliphatic rings. The van der Waals surface area contributed by atoms with Gasteiger partial charge in [-0.05, 0) is 19.8 Å². The highest BCUT2D eigenvalue weighted by Crippen LogP contribution is 2.25. The summed E-state index contributed by atoms with van der Waals surface area (Å²) in [6.45, 7) is 1.88. The van der Waals surface area contributed by atoms with Crippen LogP contribution in [0.25, 0.3) is 0 Å². The highest BCUT2D eigenvalue weighted by molar-refractivity contribution is 5.16. The zero-order chi connectivity index (χ0) is 4.41. The van der Waals surface area contributed by atoms with E-state index in [9.17, 15) is 0 Å². The predicted octanol–water partition coefficient (Wildman–Crippen LogP) is 1.23. The maximum atomic E-state index is 3.01. The molecule has 0 heterocycles. The fraction of sp³-hybridized carbons (Fsp3) is 0.500. The summed E-state index contributed by atoms with van der Waals surface area (Å²) in [5.41, 5.74) is 0. The second-order valence-corrected chi connectivity index (χ2v) is 1.47. The van der Waals surface area contributed by atoms with Crippen LogP contribution in [0.1, 0.15) is 13.3 Å². The van der Waals surface area contributed by atoms with Crippen LogP contribution in [0, 0.1) is 24.2 Å². The first-order valence-electron chi connectivity index (χ1n) is 2.19. The van der Waals surface area contributed by atoms with Gasteiger partial charge in [-0.2, -0.15) is 0 Å². The molecule has 0 amide bonds. The maximum absolute atomic E-state index is 3.01. The van der Waals surface area contributed by atoms with E-state index in [1.807, 2.05) is 6.92 Å². The van der Waals surface area contributed by atoms with Gasteiger partial charge in [0.05, 0.1) is 0 Å². The SMILES string of the molecule is CC#CC1[CH]C1. The Morgan fingerprint density at radius 3 is 2.67 bits per heavy atom. The minimum Gasteiger partial charge on any atom is -0.106 e. The van der Waals surface area contributed by atoms with Crippen molar-refractivity contribution in [2.75, 3.05) is 0 Å². The van der Waals surface area contributed by atoms with Gasteiger partial charge in [0.15, 0.2) is 0 Å². The number of hydrogen-bond acceptors (Lipinski definition) is 0. The van der Waals surface area contributed by atoms with E-state index in [2.05, 4.69) is 18.3 Å². The summed E-state index contributed by atoms with van der Waals surface area (Å²) in [4.78, 5) is 0. The van der Waals surface area contributed by atoms with Crippen LogP contribution in [0.2, 0.25) is 0 Å². The highest BCUT2D eigenvalue weighted by Gasteiger charge is 2.17. The van der Waals surface area contributed by atoms with Gasteiger partial charge in [-0.25, -0.2) is 0 Å². The Morgan fingerprint density at radius 1 is 1.83 bits per heavy atom. The zero-order valence-electron chi connectivity index (χ0n) is 3.86. The van der Waals surface area contributed by atoms with Gasteiger partial charge in [-0.15, -0.1) is 5.92 Å². The van der Waals surface area contributed by atoms with E-state index in [-0.39, 0.29) is 0 Å². The van der Waals surface area contributed by atoms with E-state index in [0.717, 1.165) is 0 Å². The van der Waals surface area contributed by atoms with Gasteiger partial charge < -0.3 is 0 Å². The molecule has 0 saturated heterocycles. The number of rotatable bonds is 0. The molecule has 1 atom stereocenters. The molecule has 0 aromatic carbocycles. The normalized spacial score (nSPS) is 18.8. The van der Waals surface area contributed by atoms with E-state index in [1.54, 1.807) is 0 Å². The van der Waals surface area contributed by atoms with Crippen molar-refractivity contribution < 1.29 is 0 Å². The third-order valence-corrected chi connectivity index (χ3v) is 0.801. The predicted molar refractivity (Wildman–Crippen MR) is 25.9 cm³/mol. The zero-order valence-corrected chi connectivity index (χ0v) is 3.86. The lowest BCUT2D eigenvalue weighted by Crippen LogP contribution is -1.56. The van der Waals surface area contributed by atoms with E-state index < -0.39 is 0 Å². The molecule has 1 saturated carbocycles. The molecule has 0 bridgehead atoms. The van der Waals surface area contributed by atoms with Crippen molar-refractivity contribution in [1.29, 1.82) is 0 Å². The minimum atomic E-state index is 0.662. The molecule has 1 unspecified atom stereocenters. The molecule has 0 N–H and O–H groups in total. The van der Waals surface area contributed by atoms with Gasteiger partial charge in [0.1, 0.15) is 0 Å². The van der Waals surface area contributed by atoms with E-state index in [1.165, 1.54) is 6.42 Å². The van der Waals surface area contributed by atoms with Crippen molar-refractivity contribution >= 4 is 0 Å². The van der Waals surface area contributed by atoms with Crippen molar-refractivity contribution in [2.24, 2.45) is 5.92 Å². The second-order valence-electron chi connectivity index (χ2n) is 1.47. The first kappa shape index (κ1) is 3.74. The van der Waals surface area contributed by atoms with Gasteiger partial charge in [0.25, 0.3) is 0 Å². The molecule has 0 aromatic rings. The Kier molecular flexibility index (Phi) is 0.837. The monoisotopic (exact) mass is 79.1 g/mol. The summed E-state index contributed by atoms with van der Waals surface area (Å²) in [5, 5.41) is 0. The molecule has 1 rings (SSSR count). The van der Waals surface area contributed by atoms with E-state index >= 15 is 0 Å². The summed E-state index contributed by atoms with van der Waals surface area (Å²) in [7, 11) is 0. The first-order valence-corrected chi connectivity index (χ1v) is 2.19. The highest BCUT2D eigenvalue weighted by atomic mass is 14.2. The van der Waals surface area contributed by atoms with E-state index in [0.29, 0.717) is 5.92 Å². The second kappa shape index (κ2) is 1.34. The quantitative estimate of drug-likeness (QED) is 0.383. The fourth-order valence-corrected chi connectivity index (χ4v) is 0.371. The molecule has 31 valence electrons. The lowest BCUT2D eigenvalue weighted by Gasteiger charge is -1.62. The average molecular weight is 79.1 g/mol. The molecule has 1 radical (unpaired) electrons. The van der Waals surface area contributed by atoms with Crippen molar-refractivity contribution in [3.63, 3.8) is 0 Å². The summed E-state index contributed by atoms with van der Waals surface area (Å²) in [6, 6.07) is 0. The smallest absolute Gasteiger partial charge is 0.0237 e. The lowest BCUT2D eigenvalue weighted by atomic mass is 10.4. The first-order chi connectivity index (χ1) is 2.93. The molecule has 0 nitrogen and oxygen atoms in total. The fourth-order valence-electron chi connectivity index (χ4n) is 0.371. The number of hydrogen-bond donors (Lipinski definition) is 0. The Labute approximate surface area is 38.6 Å². The minimum absolute atomic E-state index is 0.662. The van der Waals surface area contributed by atoms with Crippen LogP contribution in [-0.2, 0) is 0 Å². The van der Waals surface area contributed by atoms with Gasteiger partial charge >= 0.3 is 0 Å². The molecule has 0 aromatic heterocycles. The Hall–Kier alpha value is -0.440. The molecule has 1 fully saturated rings. The summed E-state index contributed by atoms with van der Waals surface area (Å²) >= 11 is 0. The standard InChI is InChI=1S/C6H7/c1-2-3-6-4-5-6/h4,6H,5H2,1H3. The van der Waals surface area contributed by atoms with Crippen LogP contribution in [0.3, 0.4) is 0 Å². The van der Waals surface area contributed by atoms with Gasteiger partial charge in [0.2, 0.25) is 0 Å². The van der Waals surface area contributed by atoms with Gasteiger partial charge in [0, 0.05) is 5.92 Å². The third kappa shape index (κ3) is 0.755. The lowest BCUT2D eigenvalue weighted by molar-refractivity contribution is 1.22. The van der Waals surface area contributed by atoms with Crippen molar-refractivity contribution in [3.8, 4) is 11.8 Å². The van der Waals surface area contributed by atoms with Gasteiger partial charge in [-0.3, -0.25) is 0 Å². The van der Waals surface area contributed by atoms with Crippen molar-refractivity contribution in [3.05, 3.63) is 6.42 Å². The van der Waals surface area contributed by atoms with Crippen LogP contribution in [-0.4, -0.2) is 0 Å². The third-order valence-electron chi connectivity index (χ3n) is 0.801. The Balaban J connectivity index is 2.27.